The van der Waals surface area contributed by atoms with Gasteiger partial charge in [0.2, 0.25) is 10.0 Å². The Morgan fingerprint density at radius 1 is 0.857 bits per heavy atom. The van der Waals surface area contributed by atoms with E-state index in [-0.39, 0.29) is 51.2 Å². The van der Waals surface area contributed by atoms with Crippen molar-refractivity contribution < 1.29 is 54.3 Å². The Labute approximate surface area is 274 Å². The van der Waals surface area contributed by atoms with Gasteiger partial charge in [-0.15, -0.1) is 0 Å². The number of carbonyl (C=O) groups is 1. The van der Waals surface area contributed by atoms with Crippen LogP contribution in [0.5, 0.6) is 0 Å². The molecular formula is C28H28BF6N7O6S. The molecule has 0 aliphatic carbocycles. The number of nitrogens with zero attached hydrogens (tertiary/aromatic N) is 3. The van der Waals surface area contributed by atoms with Crippen LogP contribution in [0, 0.1) is 0 Å². The lowest BCUT2D eigenvalue weighted by Gasteiger charge is -2.19. The minimum Gasteiger partial charge on any atom is -0.444 e. The quantitative estimate of drug-likeness (QED) is 0.0828. The number of H-pyrrole nitrogens is 2. The highest BCUT2D eigenvalue weighted by Crippen LogP contribution is 2.34. The Bertz CT molecular complexity index is 2040. The van der Waals surface area contributed by atoms with Gasteiger partial charge in [0.05, 0.1) is 5.69 Å². The van der Waals surface area contributed by atoms with E-state index in [0.717, 1.165) is 18.3 Å². The maximum Gasteiger partial charge on any atom is 0.489 e. The minimum atomic E-state index is -4.56. The molecule has 0 fully saturated rings. The van der Waals surface area contributed by atoms with Gasteiger partial charge >= 0.3 is 25.6 Å². The molecule has 0 spiro atoms. The molecule has 5 rings (SSSR count). The van der Waals surface area contributed by atoms with Gasteiger partial charge < -0.3 is 30.1 Å². The van der Waals surface area contributed by atoms with Crippen LogP contribution in [-0.2, 0) is 27.1 Å². The van der Waals surface area contributed by atoms with E-state index in [0.29, 0.717) is 5.56 Å². The van der Waals surface area contributed by atoms with Gasteiger partial charge in [-0.25, -0.2) is 27.9 Å². The number of nitrogens with one attached hydrogen (secondary N) is 4. The summed E-state index contributed by atoms with van der Waals surface area (Å²) in [6.07, 6.45) is -6.11. The molecule has 5 aromatic rings. The third kappa shape index (κ3) is 9.46. The summed E-state index contributed by atoms with van der Waals surface area (Å²) in [5.41, 5.74) is -1.95. The third-order valence-corrected chi connectivity index (χ3v) is 7.84. The number of amides is 1. The van der Waals surface area contributed by atoms with Crippen molar-refractivity contribution in [1.82, 2.24) is 35.0 Å². The van der Waals surface area contributed by atoms with Gasteiger partial charge in [0.15, 0.2) is 0 Å². The van der Waals surface area contributed by atoms with Gasteiger partial charge in [0.1, 0.15) is 33.2 Å². The van der Waals surface area contributed by atoms with E-state index >= 15 is 0 Å². The van der Waals surface area contributed by atoms with Crippen LogP contribution in [0.4, 0.5) is 31.1 Å². The summed E-state index contributed by atoms with van der Waals surface area (Å²) in [6, 6.07) is 7.16. The number of sulfonamides is 1. The highest BCUT2D eigenvalue weighted by Gasteiger charge is 2.34. The number of fused-ring (bicyclic) bond motifs is 2. The number of alkyl carbamates (subject to hydrolysis) is 1. The minimum absolute atomic E-state index is 0.00365. The van der Waals surface area contributed by atoms with E-state index in [2.05, 4.69) is 35.0 Å². The van der Waals surface area contributed by atoms with Crippen molar-refractivity contribution in [2.45, 2.75) is 43.6 Å². The second-order valence-electron chi connectivity index (χ2n) is 11.2. The number of ether oxygens (including phenoxy) is 1. The van der Waals surface area contributed by atoms with Gasteiger partial charge in [-0.3, -0.25) is 4.98 Å². The number of pyridine rings is 3. The van der Waals surface area contributed by atoms with Crippen LogP contribution in [0.3, 0.4) is 0 Å². The predicted octanol–water partition coefficient (Wildman–Crippen LogP) is 3.71. The van der Waals surface area contributed by atoms with Gasteiger partial charge in [-0.2, -0.15) is 26.3 Å². The van der Waals surface area contributed by atoms with Crippen molar-refractivity contribution in [3.63, 3.8) is 0 Å². The van der Waals surface area contributed by atoms with Gasteiger partial charge in [-0.1, -0.05) is 0 Å². The molecule has 0 aliphatic rings. The van der Waals surface area contributed by atoms with Crippen LogP contribution in [0.1, 0.15) is 32.2 Å². The zero-order valence-electron chi connectivity index (χ0n) is 25.7. The standard InChI is InChI=1S/C20H22F3N5O4S.C8H6BF3N2O2/c1-19(2,3)32-18(29)25-8-9-27-33(30,31)12-4-5-15(26-11-12)13-6-7-24-17-14(13)10-16(28-17)20(21,22)23;10-8(11,12)6-3-4-5(9(15)16)1-2-13-7(4)14-6/h4-7,10-11,27H,8-9H2,1-3H3,(H,24,28)(H,25,29);1-3,15-16H,(H,13,14). The SMILES string of the molecule is CC(C)(C)OC(=O)NCCNS(=O)(=O)c1ccc(-c2ccnc3[nH]c(C(F)(F)F)cc23)nc1.OB(O)c1ccnc2[nH]c(C(F)(F)F)cc12. The van der Waals surface area contributed by atoms with E-state index in [9.17, 15) is 39.6 Å². The molecule has 262 valence electrons. The average molecular weight is 715 g/mol. The molecule has 0 radical (unpaired) electrons. The fourth-order valence-electron chi connectivity index (χ4n) is 4.27. The summed E-state index contributed by atoms with van der Waals surface area (Å²) in [4.78, 5) is 27.4. The summed E-state index contributed by atoms with van der Waals surface area (Å²) in [5.74, 6) is 0. The Morgan fingerprint density at radius 3 is 1.96 bits per heavy atom. The van der Waals surface area contributed by atoms with Crippen molar-refractivity contribution in [2.75, 3.05) is 13.1 Å². The predicted molar refractivity (Wildman–Crippen MR) is 165 cm³/mol. The Morgan fingerprint density at radius 2 is 1.43 bits per heavy atom. The maximum atomic E-state index is 13.0. The first-order valence-corrected chi connectivity index (χ1v) is 15.5. The topological polar surface area (TPSA) is 195 Å². The van der Waals surface area contributed by atoms with Crippen molar-refractivity contribution in [2.24, 2.45) is 0 Å². The summed E-state index contributed by atoms with van der Waals surface area (Å²) in [5, 5.41) is 20.6. The Balaban J connectivity index is 0.000000281. The first-order chi connectivity index (χ1) is 22.7. The van der Waals surface area contributed by atoms with Gasteiger partial charge in [0.25, 0.3) is 0 Å². The van der Waals surface area contributed by atoms with Crippen molar-refractivity contribution in [1.29, 1.82) is 0 Å². The summed E-state index contributed by atoms with van der Waals surface area (Å²) < 4.78 is 108. The highest BCUT2D eigenvalue weighted by atomic mass is 32.2. The van der Waals surface area contributed by atoms with Crippen molar-refractivity contribution >= 4 is 50.8 Å². The lowest BCUT2D eigenvalue weighted by Crippen LogP contribution is -2.37. The Kier molecular flexibility index (Phi) is 10.6. The molecule has 13 nitrogen and oxygen atoms in total. The van der Waals surface area contributed by atoms with E-state index in [4.69, 9.17) is 14.8 Å². The van der Waals surface area contributed by atoms with E-state index < -0.39 is 52.6 Å². The molecule has 5 aromatic heterocycles. The molecule has 0 bridgehead atoms. The summed E-state index contributed by atoms with van der Waals surface area (Å²) in [6.45, 7) is 5.03. The number of hydrogen-bond acceptors (Lipinski definition) is 9. The van der Waals surface area contributed by atoms with E-state index in [1.165, 1.54) is 36.7 Å². The maximum absolute atomic E-state index is 13.0. The fraction of sp³-hybridized carbons (Fsp3) is 0.286. The fourth-order valence-corrected chi connectivity index (χ4v) is 5.25. The van der Waals surface area contributed by atoms with E-state index in [1.54, 1.807) is 20.8 Å². The molecule has 0 saturated heterocycles. The molecule has 0 aromatic carbocycles. The number of aromatic amines is 2. The van der Waals surface area contributed by atoms with Gasteiger partial charge in [0, 0.05) is 48.0 Å². The molecule has 0 aliphatic heterocycles. The van der Waals surface area contributed by atoms with E-state index in [1.807, 2.05) is 0 Å². The highest BCUT2D eigenvalue weighted by molar-refractivity contribution is 7.89. The van der Waals surface area contributed by atoms with Crippen molar-refractivity contribution in [3.05, 3.63) is 66.4 Å². The van der Waals surface area contributed by atoms with Gasteiger partial charge in [-0.05, 0) is 62.6 Å². The monoisotopic (exact) mass is 715 g/mol. The molecule has 0 saturated carbocycles. The van der Waals surface area contributed by atoms with Crippen LogP contribution >= 0.6 is 0 Å². The molecule has 0 atom stereocenters. The van der Waals surface area contributed by atoms with Crippen LogP contribution in [-0.4, -0.2) is 75.3 Å². The zero-order valence-corrected chi connectivity index (χ0v) is 26.5. The Hall–Kier alpha value is -4.73. The number of rotatable bonds is 7. The first-order valence-electron chi connectivity index (χ1n) is 14.0. The zero-order chi connectivity index (χ0) is 36.4. The van der Waals surface area contributed by atoms with Crippen LogP contribution in [0.2, 0.25) is 0 Å². The normalized spacial score (nSPS) is 12.5. The number of carbonyl (C=O) groups excluding carboxylic acids is 1. The third-order valence-electron chi connectivity index (χ3n) is 6.39. The lowest BCUT2D eigenvalue weighted by atomic mass is 9.79. The number of hydrogen-bond donors (Lipinski definition) is 6. The van der Waals surface area contributed by atoms with Crippen LogP contribution in [0.15, 0.2) is 59.9 Å². The first kappa shape index (κ1) is 37.1. The number of alkyl halides is 6. The molecular weight excluding hydrogens is 687 g/mol. The lowest BCUT2D eigenvalue weighted by molar-refractivity contribution is -0.141. The second kappa shape index (κ2) is 14.0. The van der Waals surface area contributed by atoms with Crippen LogP contribution in [0.25, 0.3) is 33.3 Å². The molecule has 5 heterocycles. The number of halogens is 6. The average Bonchev–Trinajstić information content (AvgIpc) is 3.64. The van der Waals surface area contributed by atoms with Crippen LogP contribution < -0.4 is 15.5 Å². The number of aromatic nitrogens is 5. The summed E-state index contributed by atoms with van der Waals surface area (Å²) >= 11 is 0. The largest absolute Gasteiger partial charge is 0.489 e. The smallest absolute Gasteiger partial charge is 0.444 e. The molecule has 21 heteroatoms. The van der Waals surface area contributed by atoms with Crippen molar-refractivity contribution in [3.8, 4) is 11.3 Å². The molecule has 49 heavy (non-hydrogen) atoms. The molecule has 6 N–H and O–H groups in total. The summed E-state index contributed by atoms with van der Waals surface area (Å²) in [7, 11) is -5.75. The molecule has 0 unspecified atom stereocenters. The second-order valence-corrected chi connectivity index (χ2v) is 13.0. The molecule has 1 amide bonds.